The molecule has 0 aromatic carbocycles. The van der Waals surface area contributed by atoms with Crippen molar-refractivity contribution in [2.24, 2.45) is 0 Å². The van der Waals surface area contributed by atoms with Crippen LogP contribution in [0, 0.1) is 0 Å². The molecule has 1 amide bonds. The van der Waals surface area contributed by atoms with Crippen molar-refractivity contribution in [2.45, 2.75) is 43.8 Å². The number of aromatic amines is 1. The highest BCUT2D eigenvalue weighted by atomic mass is 19.4. The van der Waals surface area contributed by atoms with E-state index in [9.17, 15) is 40.3 Å². The lowest BCUT2D eigenvalue weighted by Crippen LogP contribution is -2.41. The Kier molecular flexibility index (Phi) is 7.96. The predicted molar refractivity (Wildman–Crippen MR) is 104 cm³/mol. The summed E-state index contributed by atoms with van der Waals surface area (Å²) in [4.78, 5) is 30.2. The number of allylic oxidation sites excluding steroid dienone is 3. The van der Waals surface area contributed by atoms with Gasteiger partial charge in [0.05, 0.1) is 12.6 Å². The van der Waals surface area contributed by atoms with Gasteiger partial charge in [0.2, 0.25) is 0 Å². The number of ether oxygens (including phenoxy) is 2. The largest absolute Gasteiger partial charge is 0.572 e. The third kappa shape index (κ3) is 6.46. The van der Waals surface area contributed by atoms with Crippen molar-refractivity contribution in [3.63, 3.8) is 0 Å². The molecule has 0 unspecified atom stereocenters. The number of alkyl halides is 6. The molecule has 188 valence electrons. The van der Waals surface area contributed by atoms with Crippen LogP contribution in [-0.2, 0) is 14.9 Å². The molecular formula is C20H20F7N3O4. The summed E-state index contributed by atoms with van der Waals surface area (Å²) in [6.07, 6.45) is -8.84. The van der Waals surface area contributed by atoms with E-state index in [-0.39, 0.29) is 25.0 Å². The molecule has 2 N–H and O–H groups in total. The van der Waals surface area contributed by atoms with Gasteiger partial charge in [0.1, 0.15) is 22.7 Å². The lowest BCUT2D eigenvalue weighted by Gasteiger charge is -2.21. The number of methoxy groups -OCH3 is 1. The summed E-state index contributed by atoms with van der Waals surface area (Å²) in [5.41, 5.74) is -4.16. The maximum Gasteiger partial charge on any atom is 0.572 e. The van der Waals surface area contributed by atoms with Crippen molar-refractivity contribution in [3.8, 4) is 0 Å². The van der Waals surface area contributed by atoms with Gasteiger partial charge in [0, 0.05) is 13.2 Å². The van der Waals surface area contributed by atoms with Gasteiger partial charge in [-0.3, -0.25) is 9.59 Å². The molecule has 0 bridgehead atoms. The van der Waals surface area contributed by atoms with Gasteiger partial charge in [-0.15, -0.1) is 13.2 Å². The molecule has 1 atom stereocenters. The van der Waals surface area contributed by atoms with Gasteiger partial charge in [-0.05, 0) is 31.4 Å². The van der Waals surface area contributed by atoms with Gasteiger partial charge < -0.3 is 19.8 Å². The predicted octanol–water partition coefficient (Wildman–Crippen LogP) is 3.96. The van der Waals surface area contributed by atoms with E-state index in [2.05, 4.69) is 21.6 Å². The number of halogens is 7. The summed E-state index contributed by atoms with van der Waals surface area (Å²) >= 11 is 0. The zero-order valence-electron chi connectivity index (χ0n) is 17.9. The van der Waals surface area contributed by atoms with Gasteiger partial charge in [-0.1, -0.05) is 12.7 Å². The maximum absolute atomic E-state index is 14.2. The van der Waals surface area contributed by atoms with Crippen LogP contribution in [0.5, 0.6) is 0 Å². The molecule has 7 nitrogen and oxygen atoms in total. The van der Waals surface area contributed by atoms with Crippen LogP contribution in [0.2, 0.25) is 0 Å². The van der Waals surface area contributed by atoms with Crippen molar-refractivity contribution in [1.29, 1.82) is 0 Å². The van der Waals surface area contributed by atoms with Crippen LogP contribution >= 0.6 is 0 Å². The molecule has 14 heteroatoms. The van der Waals surface area contributed by atoms with Gasteiger partial charge >= 0.3 is 12.5 Å². The molecule has 1 saturated carbocycles. The van der Waals surface area contributed by atoms with Crippen LogP contribution in [0.15, 0.2) is 46.8 Å². The number of H-pyrrole nitrogens is 1. The van der Waals surface area contributed by atoms with Crippen LogP contribution in [0.3, 0.4) is 0 Å². The maximum atomic E-state index is 14.2. The van der Waals surface area contributed by atoms with E-state index >= 15 is 0 Å². The third-order valence-corrected chi connectivity index (χ3v) is 4.90. The second kappa shape index (κ2) is 9.99. The number of carbonyl (C=O) groups excluding carboxylic acids is 1. The molecule has 1 aromatic rings. The topological polar surface area (TPSA) is 93.3 Å². The molecule has 1 fully saturated rings. The summed E-state index contributed by atoms with van der Waals surface area (Å²) in [5, 5.41) is 2.29. The summed E-state index contributed by atoms with van der Waals surface area (Å²) in [6, 6.07) is -0.546. The SMILES string of the molecule is C=C/C(=C\C(F)=C(/C)OC(F)(F)F)[C@@H](COC)NC(=O)c1cc(=O)[nH]c(C2(C(F)(F)F)CC2)n1. The smallest absolute Gasteiger partial charge is 0.408 e. The lowest BCUT2D eigenvalue weighted by molar-refractivity contribution is -0.305. The Morgan fingerprint density at radius 2 is 1.94 bits per heavy atom. The van der Waals surface area contributed by atoms with Crippen LogP contribution < -0.4 is 10.9 Å². The van der Waals surface area contributed by atoms with Crippen LogP contribution in [-0.4, -0.2) is 48.2 Å². The van der Waals surface area contributed by atoms with E-state index in [0.717, 1.165) is 13.0 Å². The van der Waals surface area contributed by atoms with Gasteiger partial charge in [-0.2, -0.15) is 13.2 Å². The minimum atomic E-state index is -5.14. The summed E-state index contributed by atoms with van der Waals surface area (Å²) in [5.74, 6) is -4.36. The first-order chi connectivity index (χ1) is 15.6. The first-order valence-corrected chi connectivity index (χ1v) is 9.58. The van der Waals surface area contributed by atoms with E-state index in [0.29, 0.717) is 12.1 Å². The summed E-state index contributed by atoms with van der Waals surface area (Å²) < 4.78 is 99.7. The van der Waals surface area contributed by atoms with Crippen molar-refractivity contribution < 1.29 is 45.0 Å². The Morgan fingerprint density at radius 1 is 1.32 bits per heavy atom. The molecule has 1 aromatic heterocycles. The molecule has 0 saturated heterocycles. The molecule has 34 heavy (non-hydrogen) atoms. The van der Waals surface area contributed by atoms with E-state index in [4.69, 9.17) is 4.74 Å². The van der Waals surface area contributed by atoms with Crippen molar-refractivity contribution >= 4 is 5.91 Å². The fourth-order valence-corrected chi connectivity index (χ4v) is 2.97. The molecule has 0 radical (unpaired) electrons. The number of aromatic nitrogens is 2. The highest BCUT2D eigenvalue weighted by molar-refractivity contribution is 5.92. The molecule has 1 heterocycles. The Bertz CT molecular complexity index is 1050. The number of nitrogens with one attached hydrogen (secondary N) is 2. The van der Waals surface area contributed by atoms with E-state index in [1.165, 1.54) is 7.11 Å². The quantitative estimate of drug-likeness (QED) is 0.305. The van der Waals surface area contributed by atoms with Gasteiger partial charge in [0.25, 0.3) is 11.5 Å². The number of hydrogen-bond acceptors (Lipinski definition) is 5. The molecule has 1 aliphatic rings. The zero-order valence-corrected chi connectivity index (χ0v) is 17.9. The minimum absolute atomic E-state index is 0.156. The van der Waals surface area contributed by atoms with E-state index in [1.54, 1.807) is 0 Å². The molecular weight excluding hydrogens is 479 g/mol. The van der Waals surface area contributed by atoms with Crippen molar-refractivity contribution in [2.75, 3.05) is 13.7 Å². The Labute approximate surface area is 188 Å². The highest BCUT2D eigenvalue weighted by Crippen LogP contribution is 2.57. The molecule has 0 aliphatic heterocycles. The fourth-order valence-electron chi connectivity index (χ4n) is 2.97. The number of nitrogens with zero attached hydrogens (tertiary/aromatic N) is 1. The third-order valence-electron chi connectivity index (χ3n) is 4.90. The first-order valence-electron chi connectivity index (χ1n) is 9.58. The lowest BCUT2D eigenvalue weighted by atomic mass is 10.1. The average molecular weight is 499 g/mol. The van der Waals surface area contributed by atoms with Crippen LogP contribution in [0.25, 0.3) is 0 Å². The number of hydrogen-bond donors (Lipinski definition) is 2. The second-order valence-electron chi connectivity index (χ2n) is 7.34. The van der Waals surface area contributed by atoms with Crippen molar-refractivity contribution in [3.05, 3.63) is 63.8 Å². The van der Waals surface area contributed by atoms with Crippen LogP contribution in [0.1, 0.15) is 36.1 Å². The monoisotopic (exact) mass is 499 g/mol. The molecule has 2 rings (SSSR count). The van der Waals surface area contributed by atoms with E-state index in [1.807, 2.05) is 4.98 Å². The molecule has 1 aliphatic carbocycles. The Balaban J connectivity index is 2.35. The second-order valence-corrected chi connectivity index (χ2v) is 7.34. The van der Waals surface area contributed by atoms with Crippen LogP contribution in [0.4, 0.5) is 30.7 Å². The first kappa shape index (κ1) is 27.1. The normalized spacial score (nSPS) is 17.5. The summed E-state index contributed by atoms with van der Waals surface area (Å²) in [6.45, 7) is 3.79. The average Bonchev–Trinajstić information content (AvgIpc) is 3.52. The van der Waals surface area contributed by atoms with Crippen molar-refractivity contribution in [1.82, 2.24) is 15.3 Å². The highest BCUT2D eigenvalue weighted by Gasteiger charge is 2.66. The zero-order chi connectivity index (χ0) is 25.9. The van der Waals surface area contributed by atoms with Gasteiger partial charge in [-0.25, -0.2) is 9.37 Å². The Morgan fingerprint density at radius 3 is 2.41 bits per heavy atom. The standard InChI is InChI=1S/C20H20F7N3O4/c1-4-11(7-12(21)10(2)34-20(25,26)27)14(9-33-3)28-16(32)13-8-15(31)30-17(29-13)18(5-6-18)19(22,23)24/h4,7-8,14H,1,5-6,9H2,2-3H3,(H,28,32)(H,29,30,31)/b11-7+,12-10-/t14-/m1/s1. The number of rotatable bonds is 9. The fraction of sp³-hybridized carbons (Fsp3) is 0.450. The minimum Gasteiger partial charge on any atom is -0.408 e. The molecule has 0 spiro atoms. The van der Waals surface area contributed by atoms with E-state index < -0.39 is 58.6 Å². The Hall–Kier alpha value is -3.16. The number of amides is 1. The van der Waals surface area contributed by atoms with Gasteiger partial charge in [0.15, 0.2) is 5.83 Å². The number of carbonyl (C=O) groups is 1. The summed E-state index contributed by atoms with van der Waals surface area (Å²) in [7, 11) is 1.20.